The lowest BCUT2D eigenvalue weighted by Gasteiger charge is -2.17. The molecule has 118 valence electrons. The van der Waals surface area contributed by atoms with Crippen molar-refractivity contribution in [2.24, 2.45) is 0 Å². The summed E-state index contributed by atoms with van der Waals surface area (Å²) in [5, 5.41) is 3.32. The Morgan fingerprint density at radius 3 is 2.71 bits per heavy atom. The fourth-order valence-corrected chi connectivity index (χ4v) is 2.35. The fraction of sp³-hybridized carbons (Fsp3) is 0.538. The molecule has 0 aliphatic heterocycles. The molecule has 0 bridgehead atoms. The fourth-order valence-electron chi connectivity index (χ4n) is 1.56. The third-order valence-electron chi connectivity index (χ3n) is 2.79. The molecule has 21 heavy (non-hydrogen) atoms. The highest BCUT2D eigenvalue weighted by atomic mass is 35.5. The number of nitrogens with zero attached hydrogens (tertiary/aromatic N) is 2. The van der Waals surface area contributed by atoms with Gasteiger partial charge in [0.1, 0.15) is 15.7 Å². The molecule has 1 aromatic heterocycles. The summed E-state index contributed by atoms with van der Waals surface area (Å²) >= 11 is 6.00. The van der Waals surface area contributed by atoms with E-state index in [9.17, 15) is 13.2 Å². The maximum Gasteiger partial charge on any atom is 0.255 e. The first-order chi connectivity index (χ1) is 9.74. The molecule has 6 nitrogen and oxygen atoms in total. The smallest absolute Gasteiger partial charge is 0.255 e. The van der Waals surface area contributed by atoms with Crippen LogP contribution < -0.4 is 5.32 Å². The highest BCUT2D eigenvalue weighted by Gasteiger charge is 2.17. The third-order valence-corrected chi connectivity index (χ3v) is 4.01. The third kappa shape index (κ3) is 5.89. The van der Waals surface area contributed by atoms with Crippen LogP contribution in [0.25, 0.3) is 0 Å². The predicted molar refractivity (Wildman–Crippen MR) is 84.7 cm³/mol. The molecule has 1 rings (SSSR count). The number of carbonyl (C=O) groups excluding carboxylic acids is 1. The Hall–Kier alpha value is -1.34. The molecule has 0 atom stereocenters. The predicted octanol–water partition coefficient (Wildman–Crippen LogP) is 1.67. The molecule has 0 radical (unpaired) electrons. The van der Waals surface area contributed by atoms with Gasteiger partial charge in [0.15, 0.2) is 0 Å². The average molecular weight is 334 g/mol. The summed E-state index contributed by atoms with van der Waals surface area (Å²) in [7, 11) is -1.57. The molecule has 8 heteroatoms. The number of hydrogen-bond acceptors (Lipinski definition) is 5. The van der Waals surface area contributed by atoms with Crippen LogP contribution in [-0.2, 0) is 9.84 Å². The molecular formula is C13H20ClN3O3S. The van der Waals surface area contributed by atoms with Crippen LogP contribution in [0.3, 0.4) is 0 Å². The lowest BCUT2D eigenvalue weighted by molar-refractivity contribution is 0.0803. The van der Waals surface area contributed by atoms with Gasteiger partial charge in [-0.1, -0.05) is 18.5 Å². The Balaban J connectivity index is 2.85. The zero-order valence-electron chi connectivity index (χ0n) is 12.4. The van der Waals surface area contributed by atoms with Gasteiger partial charge in [-0.25, -0.2) is 13.4 Å². The largest absolute Gasteiger partial charge is 0.370 e. The first-order valence-corrected chi connectivity index (χ1v) is 9.01. The van der Waals surface area contributed by atoms with E-state index in [0.29, 0.717) is 11.4 Å². The number of hydrogen-bond donors (Lipinski definition) is 1. The van der Waals surface area contributed by atoms with Gasteiger partial charge in [0.05, 0.1) is 16.3 Å². The van der Waals surface area contributed by atoms with Gasteiger partial charge in [-0.3, -0.25) is 4.79 Å². The van der Waals surface area contributed by atoms with Crippen LogP contribution >= 0.6 is 11.6 Å². The molecule has 0 unspecified atom stereocenters. The van der Waals surface area contributed by atoms with E-state index in [2.05, 4.69) is 10.3 Å². The second kappa shape index (κ2) is 7.61. The summed E-state index contributed by atoms with van der Waals surface area (Å²) < 4.78 is 22.3. The number of nitrogens with one attached hydrogen (secondary N) is 1. The van der Waals surface area contributed by atoms with Crippen molar-refractivity contribution in [2.45, 2.75) is 13.3 Å². The molecule has 1 N–H and O–H groups in total. The van der Waals surface area contributed by atoms with Gasteiger partial charge in [-0.15, -0.1) is 0 Å². The van der Waals surface area contributed by atoms with E-state index in [1.165, 1.54) is 11.1 Å². The maximum absolute atomic E-state index is 12.3. The second-order valence-corrected chi connectivity index (χ2v) is 7.50. The molecule has 0 saturated heterocycles. The Morgan fingerprint density at radius 1 is 1.48 bits per heavy atom. The summed E-state index contributed by atoms with van der Waals surface area (Å²) in [6.07, 6.45) is 3.48. The highest BCUT2D eigenvalue weighted by molar-refractivity contribution is 7.90. The van der Waals surface area contributed by atoms with Crippen molar-refractivity contribution in [1.82, 2.24) is 9.88 Å². The van der Waals surface area contributed by atoms with E-state index >= 15 is 0 Å². The van der Waals surface area contributed by atoms with Gasteiger partial charge >= 0.3 is 0 Å². The second-order valence-electron chi connectivity index (χ2n) is 4.83. The van der Waals surface area contributed by atoms with E-state index < -0.39 is 9.84 Å². The molecule has 1 amide bonds. The van der Waals surface area contributed by atoms with Crippen molar-refractivity contribution in [3.05, 3.63) is 22.8 Å². The van der Waals surface area contributed by atoms with E-state index in [0.717, 1.165) is 19.2 Å². The van der Waals surface area contributed by atoms with Gasteiger partial charge in [0.25, 0.3) is 5.91 Å². The van der Waals surface area contributed by atoms with E-state index in [4.69, 9.17) is 11.6 Å². The molecule has 1 aromatic rings. The summed E-state index contributed by atoms with van der Waals surface area (Å²) in [5.41, 5.74) is 0.307. The van der Waals surface area contributed by atoms with Gasteiger partial charge in [0.2, 0.25) is 0 Å². The number of sulfone groups is 1. The molecule has 0 fully saturated rings. The normalized spacial score (nSPS) is 11.2. The minimum Gasteiger partial charge on any atom is -0.370 e. The molecule has 0 aromatic carbocycles. The zero-order chi connectivity index (χ0) is 16.0. The molecule has 0 spiro atoms. The van der Waals surface area contributed by atoms with Crippen LogP contribution in [0.1, 0.15) is 23.7 Å². The van der Waals surface area contributed by atoms with Crippen molar-refractivity contribution < 1.29 is 13.2 Å². The van der Waals surface area contributed by atoms with E-state index in [-0.39, 0.29) is 23.2 Å². The summed E-state index contributed by atoms with van der Waals surface area (Å²) in [6.45, 7) is 2.88. The van der Waals surface area contributed by atoms with Crippen molar-refractivity contribution in [3.63, 3.8) is 0 Å². The van der Waals surface area contributed by atoms with Gasteiger partial charge in [-0.2, -0.15) is 0 Å². The van der Waals surface area contributed by atoms with E-state index in [1.54, 1.807) is 13.1 Å². The van der Waals surface area contributed by atoms with Crippen LogP contribution in [0.15, 0.2) is 12.3 Å². The van der Waals surface area contributed by atoms with Gasteiger partial charge in [0, 0.05) is 32.6 Å². The zero-order valence-corrected chi connectivity index (χ0v) is 14.0. The van der Waals surface area contributed by atoms with Crippen molar-refractivity contribution in [2.75, 3.05) is 37.5 Å². The minimum absolute atomic E-state index is 0.0844. The molecule has 1 heterocycles. The van der Waals surface area contributed by atoms with Crippen molar-refractivity contribution in [3.8, 4) is 0 Å². The number of carbonyl (C=O) groups is 1. The number of aromatic nitrogens is 1. The topological polar surface area (TPSA) is 79.4 Å². The molecule has 0 aliphatic rings. The monoisotopic (exact) mass is 333 g/mol. The number of rotatable bonds is 7. The van der Waals surface area contributed by atoms with Gasteiger partial charge < -0.3 is 10.2 Å². The standard InChI is InChI=1S/C13H20ClN3O3S/c1-4-5-15-12-8-10(11(14)9-16-12)13(18)17(2)6-7-21(3,19)20/h8-9H,4-7H2,1-3H3,(H,15,16). The van der Waals surface area contributed by atoms with Crippen LogP contribution in [-0.4, -0.2) is 56.4 Å². The van der Waals surface area contributed by atoms with Crippen LogP contribution in [0.5, 0.6) is 0 Å². The maximum atomic E-state index is 12.3. The Kier molecular flexibility index (Phi) is 6.42. The highest BCUT2D eigenvalue weighted by Crippen LogP contribution is 2.19. The summed E-state index contributed by atoms with van der Waals surface area (Å²) in [4.78, 5) is 17.7. The van der Waals surface area contributed by atoms with Gasteiger partial charge in [-0.05, 0) is 12.5 Å². The van der Waals surface area contributed by atoms with Crippen LogP contribution in [0, 0.1) is 0 Å². The molecule has 0 saturated carbocycles. The number of pyridine rings is 1. The quantitative estimate of drug-likeness (QED) is 0.821. The lowest BCUT2D eigenvalue weighted by atomic mass is 10.2. The first-order valence-electron chi connectivity index (χ1n) is 6.57. The first kappa shape index (κ1) is 17.7. The summed E-state index contributed by atoms with van der Waals surface area (Å²) in [5.74, 6) is 0.158. The number of anilines is 1. The number of halogens is 1. The molecular weight excluding hydrogens is 314 g/mol. The SMILES string of the molecule is CCCNc1cc(C(=O)N(C)CCS(C)(=O)=O)c(Cl)cn1. The van der Waals surface area contributed by atoms with Crippen LogP contribution in [0.2, 0.25) is 5.02 Å². The lowest BCUT2D eigenvalue weighted by Crippen LogP contribution is -2.31. The average Bonchev–Trinajstić information content (AvgIpc) is 2.42. The number of amides is 1. The van der Waals surface area contributed by atoms with Crippen molar-refractivity contribution in [1.29, 1.82) is 0 Å². The van der Waals surface area contributed by atoms with Crippen LogP contribution in [0.4, 0.5) is 5.82 Å². The minimum atomic E-state index is -3.12. The Labute approximate surface area is 130 Å². The summed E-state index contributed by atoms with van der Waals surface area (Å²) in [6, 6.07) is 1.58. The van der Waals surface area contributed by atoms with E-state index in [1.807, 2.05) is 6.92 Å². The molecule has 0 aliphatic carbocycles. The Morgan fingerprint density at radius 2 is 2.14 bits per heavy atom. The Bertz CT molecular complexity index is 605. The van der Waals surface area contributed by atoms with Crippen molar-refractivity contribution >= 4 is 33.2 Å².